The minimum atomic E-state index is -0.296. The number of rotatable bonds is 6. The van der Waals surface area contributed by atoms with E-state index < -0.39 is 0 Å². The molecule has 1 aromatic heterocycles. The molecule has 1 amide bonds. The number of nitrogens with zero attached hydrogens (tertiary/aromatic N) is 1. The van der Waals surface area contributed by atoms with Crippen molar-refractivity contribution in [1.29, 1.82) is 0 Å². The average molecular weight is 361 g/mol. The van der Waals surface area contributed by atoms with E-state index >= 15 is 0 Å². The van der Waals surface area contributed by atoms with Crippen LogP contribution in [0.1, 0.15) is 83.8 Å². The SMILES string of the molecule is CC[C@@H](c1ccccc1C(N)=O)C1[C@@H]2CC(c3cncc(C4CC4)c3)C[C@@H]12. The second-order valence-electron chi connectivity index (χ2n) is 8.87. The molecule has 2 N–H and O–H groups in total. The summed E-state index contributed by atoms with van der Waals surface area (Å²) in [5, 5.41) is 0. The maximum atomic E-state index is 11.9. The molecule has 0 saturated heterocycles. The van der Waals surface area contributed by atoms with E-state index in [1.165, 1.54) is 42.4 Å². The topological polar surface area (TPSA) is 56.0 Å². The number of hydrogen-bond acceptors (Lipinski definition) is 2. The minimum Gasteiger partial charge on any atom is -0.366 e. The fourth-order valence-corrected chi connectivity index (χ4v) is 5.84. The van der Waals surface area contributed by atoms with Crippen molar-refractivity contribution in [3.8, 4) is 0 Å². The van der Waals surface area contributed by atoms with Gasteiger partial charge in [0.1, 0.15) is 0 Å². The number of primary amides is 1. The van der Waals surface area contributed by atoms with Crippen molar-refractivity contribution < 1.29 is 4.79 Å². The zero-order valence-electron chi connectivity index (χ0n) is 16.0. The fourth-order valence-electron chi connectivity index (χ4n) is 5.84. The van der Waals surface area contributed by atoms with Gasteiger partial charge in [0.05, 0.1) is 0 Å². The van der Waals surface area contributed by atoms with Crippen LogP contribution in [0.15, 0.2) is 42.7 Å². The molecule has 3 atom stereocenters. The molecular weight excluding hydrogens is 332 g/mol. The first kappa shape index (κ1) is 17.0. The number of aromatic nitrogens is 1. The van der Waals surface area contributed by atoms with Crippen LogP contribution in [0, 0.1) is 17.8 Å². The van der Waals surface area contributed by atoms with Crippen LogP contribution in [0.3, 0.4) is 0 Å². The molecule has 0 unspecified atom stereocenters. The van der Waals surface area contributed by atoms with Crippen LogP contribution in [-0.4, -0.2) is 10.9 Å². The number of amides is 1. The van der Waals surface area contributed by atoms with Crippen LogP contribution in [0.5, 0.6) is 0 Å². The second kappa shape index (κ2) is 6.47. The lowest BCUT2D eigenvalue weighted by Gasteiger charge is -2.22. The molecule has 140 valence electrons. The number of pyridine rings is 1. The zero-order chi connectivity index (χ0) is 18.5. The first-order valence-electron chi connectivity index (χ1n) is 10.5. The van der Waals surface area contributed by atoms with Crippen molar-refractivity contribution in [3.63, 3.8) is 0 Å². The summed E-state index contributed by atoms with van der Waals surface area (Å²) in [6, 6.07) is 10.4. The third kappa shape index (κ3) is 2.97. The maximum Gasteiger partial charge on any atom is 0.248 e. The standard InChI is InChI=1S/C24H28N2O/c1-2-18(19-5-3-4-6-20(19)24(25)27)23-21-10-15(11-22(21)23)17-9-16(12-26-13-17)14-7-8-14/h3-6,9,12-15,18,21-23H,2,7-8,10-11H2,1H3,(H2,25,27)/t15?,18-,21+,22+,23?/m0/s1. The van der Waals surface area contributed by atoms with Crippen molar-refractivity contribution >= 4 is 5.91 Å². The Balaban J connectivity index is 1.32. The Labute approximate surface area is 161 Å². The molecule has 0 aliphatic heterocycles. The lowest BCUT2D eigenvalue weighted by atomic mass is 9.82. The molecule has 27 heavy (non-hydrogen) atoms. The quantitative estimate of drug-likeness (QED) is 0.789. The van der Waals surface area contributed by atoms with Gasteiger partial charge in [0.15, 0.2) is 0 Å². The fraction of sp³-hybridized carbons (Fsp3) is 0.500. The smallest absolute Gasteiger partial charge is 0.248 e. The highest BCUT2D eigenvalue weighted by Crippen LogP contribution is 2.67. The van der Waals surface area contributed by atoms with E-state index in [2.05, 4.69) is 36.4 Å². The lowest BCUT2D eigenvalue weighted by Crippen LogP contribution is -2.17. The Morgan fingerprint density at radius 1 is 1.11 bits per heavy atom. The van der Waals surface area contributed by atoms with Gasteiger partial charge < -0.3 is 5.73 Å². The molecule has 3 aliphatic carbocycles. The zero-order valence-corrected chi connectivity index (χ0v) is 16.0. The highest BCUT2D eigenvalue weighted by molar-refractivity contribution is 5.94. The predicted octanol–water partition coefficient (Wildman–Crippen LogP) is 4.99. The van der Waals surface area contributed by atoms with Crippen LogP contribution in [0.4, 0.5) is 0 Å². The number of carbonyl (C=O) groups is 1. The van der Waals surface area contributed by atoms with Crippen molar-refractivity contribution in [1.82, 2.24) is 4.98 Å². The Hall–Kier alpha value is -2.16. The van der Waals surface area contributed by atoms with Gasteiger partial charge in [0.2, 0.25) is 5.91 Å². The first-order chi connectivity index (χ1) is 13.2. The van der Waals surface area contributed by atoms with E-state index in [-0.39, 0.29) is 5.91 Å². The molecular formula is C24H28N2O. The molecule has 3 aliphatic rings. The summed E-state index contributed by atoms with van der Waals surface area (Å²) < 4.78 is 0. The van der Waals surface area contributed by atoms with E-state index in [9.17, 15) is 4.79 Å². The molecule has 3 nitrogen and oxygen atoms in total. The van der Waals surface area contributed by atoms with Gasteiger partial charge in [-0.1, -0.05) is 31.2 Å². The second-order valence-corrected chi connectivity index (χ2v) is 8.87. The summed E-state index contributed by atoms with van der Waals surface area (Å²) in [6.45, 7) is 2.25. The van der Waals surface area contributed by atoms with E-state index in [1.807, 2.05) is 18.2 Å². The molecule has 3 fully saturated rings. The number of carbonyl (C=O) groups excluding carboxylic acids is 1. The molecule has 0 spiro atoms. The summed E-state index contributed by atoms with van der Waals surface area (Å²) in [6.07, 6.45) is 10.5. The Bertz CT molecular complexity index is 860. The summed E-state index contributed by atoms with van der Waals surface area (Å²) in [4.78, 5) is 16.4. The summed E-state index contributed by atoms with van der Waals surface area (Å²) in [5.74, 6) is 3.92. The predicted molar refractivity (Wildman–Crippen MR) is 107 cm³/mol. The monoisotopic (exact) mass is 360 g/mol. The van der Waals surface area contributed by atoms with Gasteiger partial charge in [0, 0.05) is 18.0 Å². The van der Waals surface area contributed by atoms with Gasteiger partial charge in [0.25, 0.3) is 0 Å². The highest BCUT2D eigenvalue weighted by atomic mass is 16.1. The number of nitrogens with two attached hydrogens (primary N) is 1. The van der Waals surface area contributed by atoms with Gasteiger partial charge in [-0.25, -0.2) is 0 Å². The Morgan fingerprint density at radius 2 is 1.78 bits per heavy atom. The van der Waals surface area contributed by atoms with Crippen molar-refractivity contribution in [3.05, 3.63) is 65.0 Å². The maximum absolute atomic E-state index is 11.9. The van der Waals surface area contributed by atoms with Crippen LogP contribution in [0.25, 0.3) is 0 Å². The Kier molecular flexibility index (Phi) is 4.07. The van der Waals surface area contributed by atoms with Crippen molar-refractivity contribution in [2.75, 3.05) is 0 Å². The van der Waals surface area contributed by atoms with E-state index in [0.29, 0.717) is 23.3 Å². The molecule has 3 saturated carbocycles. The molecule has 2 aromatic rings. The summed E-state index contributed by atoms with van der Waals surface area (Å²) in [5.41, 5.74) is 10.4. The minimum absolute atomic E-state index is 0.296. The van der Waals surface area contributed by atoms with Crippen molar-refractivity contribution in [2.45, 2.75) is 56.8 Å². The molecule has 1 heterocycles. The van der Waals surface area contributed by atoms with Gasteiger partial charge in [-0.3, -0.25) is 9.78 Å². The van der Waals surface area contributed by atoms with Crippen LogP contribution in [-0.2, 0) is 0 Å². The number of benzene rings is 1. The lowest BCUT2D eigenvalue weighted by molar-refractivity contribution is 0.0998. The molecule has 3 heteroatoms. The Morgan fingerprint density at radius 3 is 2.41 bits per heavy atom. The molecule has 1 aromatic carbocycles. The van der Waals surface area contributed by atoms with E-state index in [1.54, 1.807) is 0 Å². The molecule has 0 radical (unpaired) electrons. The molecule has 5 rings (SSSR count). The van der Waals surface area contributed by atoms with Gasteiger partial charge in [-0.2, -0.15) is 0 Å². The van der Waals surface area contributed by atoms with E-state index in [4.69, 9.17) is 5.73 Å². The van der Waals surface area contributed by atoms with Gasteiger partial charge in [-0.05, 0) is 90.4 Å². The third-order valence-electron chi connectivity index (χ3n) is 7.34. The van der Waals surface area contributed by atoms with E-state index in [0.717, 1.165) is 24.2 Å². The van der Waals surface area contributed by atoms with Crippen LogP contribution >= 0.6 is 0 Å². The first-order valence-corrected chi connectivity index (χ1v) is 10.5. The normalized spacial score (nSPS) is 28.0. The number of hydrogen-bond donors (Lipinski definition) is 1. The molecule has 0 bridgehead atoms. The van der Waals surface area contributed by atoms with Crippen LogP contribution in [0.2, 0.25) is 0 Å². The van der Waals surface area contributed by atoms with Crippen molar-refractivity contribution in [2.24, 2.45) is 23.5 Å². The van der Waals surface area contributed by atoms with Gasteiger partial charge >= 0.3 is 0 Å². The van der Waals surface area contributed by atoms with Gasteiger partial charge in [-0.15, -0.1) is 0 Å². The summed E-state index contributed by atoms with van der Waals surface area (Å²) >= 11 is 0. The number of fused-ring (bicyclic) bond motifs is 1. The largest absolute Gasteiger partial charge is 0.366 e. The van der Waals surface area contributed by atoms with Crippen LogP contribution < -0.4 is 5.73 Å². The third-order valence-corrected chi connectivity index (χ3v) is 7.34. The highest BCUT2D eigenvalue weighted by Gasteiger charge is 2.58. The average Bonchev–Trinajstić information content (AvgIpc) is 3.61. The summed E-state index contributed by atoms with van der Waals surface area (Å²) in [7, 11) is 0.